The van der Waals surface area contributed by atoms with Crippen LogP contribution in [0.4, 0.5) is 0 Å². The molecular weight excluding hydrogens is 242 g/mol. The molecule has 1 fully saturated rings. The largest absolute Gasteiger partial charge is 0.348 e. The Morgan fingerprint density at radius 2 is 2.42 bits per heavy atom. The summed E-state index contributed by atoms with van der Waals surface area (Å²) >= 11 is 0. The van der Waals surface area contributed by atoms with E-state index in [1.54, 1.807) is 12.5 Å². The van der Waals surface area contributed by atoms with E-state index >= 15 is 0 Å². The Labute approximate surface area is 114 Å². The molecule has 1 aromatic heterocycles. The molecule has 106 valence electrons. The van der Waals surface area contributed by atoms with Crippen molar-refractivity contribution in [2.75, 3.05) is 20.1 Å². The van der Waals surface area contributed by atoms with Gasteiger partial charge in [0.15, 0.2) is 0 Å². The fourth-order valence-electron chi connectivity index (χ4n) is 2.43. The molecule has 1 aliphatic heterocycles. The second-order valence-electron chi connectivity index (χ2n) is 5.31. The number of nitrogens with one attached hydrogen (secondary N) is 1. The quantitative estimate of drug-likeness (QED) is 0.807. The van der Waals surface area contributed by atoms with Gasteiger partial charge in [-0.15, -0.1) is 0 Å². The topological polar surface area (TPSA) is 76.2 Å². The number of amides is 1. The molecule has 3 N–H and O–H groups in total. The van der Waals surface area contributed by atoms with E-state index in [4.69, 9.17) is 5.73 Å². The number of rotatable bonds is 4. The predicted octanol–water partition coefficient (Wildman–Crippen LogP) is 0.0543. The summed E-state index contributed by atoms with van der Waals surface area (Å²) in [4.78, 5) is 18.5. The molecular formula is C13H23N5O. The molecule has 0 radical (unpaired) electrons. The average Bonchev–Trinajstić information content (AvgIpc) is 2.83. The Morgan fingerprint density at radius 3 is 3.11 bits per heavy atom. The molecule has 1 aromatic rings. The molecule has 0 spiro atoms. The Hall–Kier alpha value is -1.40. The maximum Gasteiger partial charge on any atom is 0.271 e. The Balaban J connectivity index is 1.89. The van der Waals surface area contributed by atoms with Gasteiger partial charge >= 0.3 is 0 Å². The van der Waals surface area contributed by atoms with Crippen molar-refractivity contribution < 1.29 is 4.79 Å². The van der Waals surface area contributed by atoms with Crippen molar-refractivity contribution >= 4 is 5.91 Å². The minimum Gasteiger partial charge on any atom is -0.348 e. The summed E-state index contributed by atoms with van der Waals surface area (Å²) in [6, 6.07) is 0.757. The molecule has 2 heterocycles. The van der Waals surface area contributed by atoms with Crippen LogP contribution in [0.1, 0.15) is 30.3 Å². The highest BCUT2D eigenvalue weighted by Gasteiger charge is 2.24. The fourth-order valence-corrected chi connectivity index (χ4v) is 2.43. The summed E-state index contributed by atoms with van der Waals surface area (Å²) in [6.45, 7) is 4.44. The SMILES string of the molecule is CC1CC(NC(=O)c2cn(CCN)cn2)CCN1C. The molecule has 1 aliphatic rings. The van der Waals surface area contributed by atoms with Gasteiger partial charge in [-0.05, 0) is 26.8 Å². The van der Waals surface area contributed by atoms with Crippen LogP contribution in [-0.2, 0) is 6.54 Å². The summed E-state index contributed by atoms with van der Waals surface area (Å²) < 4.78 is 1.84. The summed E-state index contributed by atoms with van der Waals surface area (Å²) in [7, 11) is 2.12. The van der Waals surface area contributed by atoms with Crippen LogP contribution in [0.3, 0.4) is 0 Å². The fraction of sp³-hybridized carbons (Fsp3) is 0.692. The number of carbonyl (C=O) groups excluding carboxylic acids is 1. The van der Waals surface area contributed by atoms with Gasteiger partial charge in [0.25, 0.3) is 5.91 Å². The first kappa shape index (κ1) is 14.0. The van der Waals surface area contributed by atoms with E-state index in [0.29, 0.717) is 24.8 Å². The maximum atomic E-state index is 12.1. The Morgan fingerprint density at radius 1 is 1.63 bits per heavy atom. The van der Waals surface area contributed by atoms with Crippen LogP contribution in [0.15, 0.2) is 12.5 Å². The van der Waals surface area contributed by atoms with Gasteiger partial charge in [0.2, 0.25) is 0 Å². The van der Waals surface area contributed by atoms with Gasteiger partial charge in [-0.2, -0.15) is 0 Å². The van der Waals surface area contributed by atoms with Gasteiger partial charge < -0.3 is 20.5 Å². The lowest BCUT2D eigenvalue weighted by Gasteiger charge is -2.35. The van der Waals surface area contributed by atoms with Crippen LogP contribution in [0.25, 0.3) is 0 Å². The summed E-state index contributed by atoms with van der Waals surface area (Å²) in [5.41, 5.74) is 5.94. The van der Waals surface area contributed by atoms with Crippen LogP contribution in [-0.4, -0.2) is 52.6 Å². The molecule has 2 unspecified atom stereocenters. The lowest BCUT2D eigenvalue weighted by molar-refractivity contribution is 0.0892. The minimum atomic E-state index is -0.0856. The maximum absolute atomic E-state index is 12.1. The first-order valence-corrected chi connectivity index (χ1v) is 6.83. The molecule has 1 amide bonds. The van der Waals surface area contributed by atoms with Gasteiger partial charge in [-0.25, -0.2) is 4.98 Å². The molecule has 6 heteroatoms. The third-order valence-electron chi connectivity index (χ3n) is 3.80. The van der Waals surface area contributed by atoms with Gasteiger partial charge in [0.05, 0.1) is 6.33 Å². The lowest BCUT2D eigenvalue weighted by atomic mass is 9.99. The number of hydrogen-bond acceptors (Lipinski definition) is 4. The summed E-state index contributed by atoms with van der Waals surface area (Å²) in [5.74, 6) is -0.0856. The molecule has 0 aromatic carbocycles. The number of likely N-dealkylation sites (tertiary alicyclic amines) is 1. The van der Waals surface area contributed by atoms with E-state index in [9.17, 15) is 4.79 Å². The number of nitrogens with two attached hydrogens (primary N) is 1. The summed E-state index contributed by atoms with van der Waals surface area (Å²) in [6.07, 6.45) is 5.39. The van der Waals surface area contributed by atoms with E-state index in [0.717, 1.165) is 19.4 Å². The molecule has 0 saturated carbocycles. The van der Waals surface area contributed by atoms with Crippen molar-refractivity contribution in [2.24, 2.45) is 5.73 Å². The zero-order chi connectivity index (χ0) is 13.8. The molecule has 2 rings (SSSR count). The molecule has 0 bridgehead atoms. The van der Waals surface area contributed by atoms with Crippen LogP contribution in [0.2, 0.25) is 0 Å². The van der Waals surface area contributed by atoms with Crippen molar-refractivity contribution in [1.82, 2.24) is 19.8 Å². The highest BCUT2D eigenvalue weighted by Crippen LogP contribution is 2.15. The van der Waals surface area contributed by atoms with Crippen molar-refractivity contribution in [2.45, 2.75) is 38.4 Å². The number of nitrogens with zero attached hydrogens (tertiary/aromatic N) is 3. The van der Waals surface area contributed by atoms with Crippen molar-refractivity contribution in [1.29, 1.82) is 0 Å². The molecule has 6 nitrogen and oxygen atoms in total. The number of carbonyl (C=O) groups is 1. The van der Waals surface area contributed by atoms with Gasteiger partial charge in [-0.1, -0.05) is 0 Å². The number of piperidine rings is 1. The second kappa shape index (κ2) is 6.16. The van der Waals surface area contributed by atoms with Gasteiger partial charge in [0.1, 0.15) is 5.69 Å². The lowest BCUT2D eigenvalue weighted by Crippen LogP contribution is -2.47. The molecule has 2 atom stereocenters. The van der Waals surface area contributed by atoms with E-state index in [1.165, 1.54) is 0 Å². The number of imidazole rings is 1. The minimum absolute atomic E-state index is 0.0856. The average molecular weight is 265 g/mol. The van der Waals surface area contributed by atoms with Crippen LogP contribution in [0.5, 0.6) is 0 Å². The second-order valence-corrected chi connectivity index (χ2v) is 5.31. The first-order valence-electron chi connectivity index (χ1n) is 6.83. The van der Waals surface area contributed by atoms with Crippen molar-refractivity contribution in [3.8, 4) is 0 Å². The number of aromatic nitrogens is 2. The third-order valence-corrected chi connectivity index (χ3v) is 3.80. The Kier molecular flexibility index (Phi) is 4.55. The zero-order valence-corrected chi connectivity index (χ0v) is 11.7. The van der Waals surface area contributed by atoms with E-state index in [1.807, 2.05) is 4.57 Å². The number of hydrogen-bond donors (Lipinski definition) is 2. The first-order chi connectivity index (χ1) is 9.10. The van der Waals surface area contributed by atoms with E-state index < -0.39 is 0 Å². The third kappa shape index (κ3) is 3.54. The van der Waals surface area contributed by atoms with E-state index in [2.05, 4.69) is 29.2 Å². The molecule has 1 saturated heterocycles. The molecule has 19 heavy (non-hydrogen) atoms. The van der Waals surface area contributed by atoms with E-state index in [-0.39, 0.29) is 11.9 Å². The monoisotopic (exact) mass is 265 g/mol. The summed E-state index contributed by atoms with van der Waals surface area (Å²) in [5, 5.41) is 3.07. The van der Waals surface area contributed by atoms with Crippen molar-refractivity contribution in [3.05, 3.63) is 18.2 Å². The smallest absolute Gasteiger partial charge is 0.271 e. The molecule has 0 aliphatic carbocycles. The van der Waals surface area contributed by atoms with Crippen LogP contribution < -0.4 is 11.1 Å². The zero-order valence-electron chi connectivity index (χ0n) is 11.7. The van der Waals surface area contributed by atoms with Crippen molar-refractivity contribution in [3.63, 3.8) is 0 Å². The predicted molar refractivity (Wildman–Crippen MR) is 73.9 cm³/mol. The van der Waals surface area contributed by atoms with Crippen LogP contribution >= 0.6 is 0 Å². The highest BCUT2D eigenvalue weighted by molar-refractivity contribution is 5.92. The Bertz CT molecular complexity index is 430. The standard InChI is InChI=1S/C13H23N5O/c1-10-7-11(3-5-17(10)2)16-13(19)12-8-18(6-4-14)9-15-12/h8-11H,3-7,14H2,1-2H3,(H,16,19). The van der Waals surface area contributed by atoms with Gasteiger partial charge in [-0.3, -0.25) is 4.79 Å². The normalized spacial score (nSPS) is 24.4. The van der Waals surface area contributed by atoms with Gasteiger partial charge in [0, 0.05) is 37.9 Å². The van der Waals surface area contributed by atoms with Crippen LogP contribution in [0, 0.1) is 0 Å². The highest BCUT2D eigenvalue weighted by atomic mass is 16.2.